The number of benzene rings is 1. The molecule has 2 heterocycles. The van der Waals surface area contributed by atoms with E-state index in [0.29, 0.717) is 42.7 Å². The van der Waals surface area contributed by atoms with Gasteiger partial charge in [-0.3, -0.25) is 0 Å². The van der Waals surface area contributed by atoms with E-state index in [4.69, 9.17) is 10.5 Å². The maximum absolute atomic E-state index is 12.2. The van der Waals surface area contributed by atoms with E-state index in [9.17, 15) is 8.42 Å². The first-order chi connectivity index (χ1) is 14.5. The lowest BCUT2D eigenvalue weighted by atomic mass is 10.2. The zero-order chi connectivity index (χ0) is 21.4. The van der Waals surface area contributed by atoms with Crippen LogP contribution in [0.25, 0.3) is 10.9 Å². The van der Waals surface area contributed by atoms with E-state index in [2.05, 4.69) is 20.0 Å². The molecule has 10 heteroatoms. The molecule has 9 nitrogen and oxygen atoms in total. The first kappa shape index (κ1) is 22.5. The predicted molar refractivity (Wildman–Crippen MR) is 120 cm³/mol. The molecule has 0 radical (unpaired) electrons. The number of rotatable bonds is 11. The number of nitrogens with one attached hydrogen (secondary N) is 2. The summed E-state index contributed by atoms with van der Waals surface area (Å²) in [5.41, 5.74) is 6.74. The highest BCUT2D eigenvalue weighted by molar-refractivity contribution is 7.87. The standard InChI is InChI=1S/C20H32N6O3S/c1-29-17-11-9-10-16-18(17)24-20(25-19(16)21)22-12-5-2-3-6-13-23-30(27,28)26-14-7-4-8-15-26/h9-11,23H,2-8,12-15H2,1H3,(H3,21,22,24,25). The maximum atomic E-state index is 12.2. The number of hydrogen-bond acceptors (Lipinski definition) is 7. The molecule has 166 valence electrons. The van der Waals surface area contributed by atoms with Crippen LogP contribution in [0.2, 0.25) is 0 Å². The number of para-hydroxylation sites is 1. The molecule has 1 aliphatic heterocycles. The lowest BCUT2D eigenvalue weighted by molar-refractivity contribution is 0.341. The topological polar surface area (TPSA) is 122 Å². The van der Waals surface area contributed by atoms with Crippen molar-refractivity contribution in [2.45, 2.75) is 44.9 Å². The predicted octanol–water partition coefficient (Wildman–Crippen LogP) is 2.51. The third kappa shape index (κ3) is 5.93. The van der Waals surface area contributed by atoms with Gasteiger partial charge < -0.3 is 15.8 Å². The van der Waals surface area contributed by atoms with E-state index in [0.717, 1.165) is 56.9 Å². The van der Waals surface area contributed by atoms with Gasteiger partial charge in [-0.15, -0.1) is 0 Å². The zero-order valence-electron chi connectivity index (χ0n) is 17.6. The summed E-state index contributed by atoms with van der Waals surface area (Å²) in [5, 5.41) is 3.98. The van der Waals surface area contributed by atoms with Crippen LogP contribution in [-0.4, -0.2) is 56.0 Å². The number of nitrogen functional groups attached to an aromatic ring is 1. The van der Waals surface area contributed by atoms with Gasteiger partial charge in [0.25, 0.3) is 10.2 Å². The van der Waals surface area contributed by atoms with Crippen LogP contribution >= 0.6 is 0 Å². The summed E-state index contributed by atoms with van der Waals surface area (Å²) in [5.74, 6) is 1.57. The summed E-state index contributed by atoms with van der Waals surface area (Å²) >= 11 is 0. The van der Waals surface area contributed by atoms with Crippen LogP contribution in [0.4, 0.5) is 11.8 Å². The molecular formula is C20H32N6O3S. The molecule has 0 aliphatic carbocycles. The van der Waals surface area contributed by atoms with Crippen LogP contribution in [0.15, 0.2) is 18.2 Å². The lowest BCUT2D eigenvalue weighted by Gasteiger charge is -2.25. The van der Waals surface area contributed by atoms with Gasteiger partial charge in [-0.1, -0.05) is 25.3 Å². The summed E-state index contributed by atoms with van der Waals surface area (Å²) in [6.45, 7) is 2.47. The molecule has 30 heavy (non-hydrogen) atoms. The summed E-state index contributed by atoms with van der Waals surface area (Å²) in [7, 11) is -1.71. The molecule has 4 N–H and O–H groups in total. The molecule has 1 aliphatic rings. The fourth-order valence-corrected chi connectivity index (χ4v) is 4.92. The van der Waals surface area contributed by atoms with Crippen molar-refractivity contribution in [3.8, 4) is 5.75 Å². The first-order valence-corrected chi connectivity index (χ1v) is 12.0. The van der Waals surface area contributed by atoms with Crippen molar-refractivity contribution in [2.24, 2.45) is 0 Å². The Morgan fingerprint density at radius 3 is 2.53 bits per heavy atom. The quantitative estimate of drug-likeness (QED) is 0.463. The molecule has 0 saturated carbocycles. The van der Waals surface area contributed by atoms with Crippen molar-refractivity contribution in [3.05, 3.63) is 18.2 Å². The van der Waals surface area contributed by atoms with Crippen LogP contribution < -0.4 is 20.5 Å². The monoisotopic (exact) mass is 436 g/mol. The summed E-state index contributed by atoms with van der Waals surface area (Å²) in [4.78, 5) is 8.83. The van der Waals surface area contributed by atoms with Crippen molar-refractivity contribution in [1.82, 2.24) is 19.0 Å². The number of ether oxygens (including phenoxy) is 1. The molecule has 1 fully saturated rings. The van der Waals surface area contributed by atoms with Gasteiger partial charge in [0, 0.05) is 31.6 Å². The highest BCUT2D eigenvalue weighted by Gasteiger charge is 2.22. The van der Waals surface area contributed by atoms with Gasteiger partial charge in [-0.2, -0.15) is 17.7 Å². The maximum Gasteiger partial charge on any atom is 0.279 e. The first-order valence-electron chi connectivity index (χ1n) is 10.6. The molecule has 0 spiro atoms. The summed E-state index contributed by atoms with van der Waals surface area (Å²) in [6, 6.07) is 5.58. The molecule has 1 aromatic heterocycles. The van der Waals surface area contributed by atoms with Crippen molar-refractivity contribution >= 4 is 32.9 Å². The second-order valence-corrected chi connectivity index (χ2v) is 9.24. The van der Waals surface area contributed by atoms with Gasteiger partial charge in [0.2, 0.25) is 5.95 Å². The minimum Gasteiger partial charge on any atom is -0.494 e. The molecule has 0 bridgehead atoms. The lowest BCUT2D eigenvalue weighted by Crippen LogP contribution is -2.43. The smallest absolute Gasteiger partial charge is 0.279 e. The number of anilines is 2. The number of methoxy groups -OCH3 is 1. The summed E-state index contributed by atoms with van der Waals surface area (Å²) in [6.07, 6.45) is 6.73. The molecule has 3 rings (SSSR count). The number of fused-ring (bicyclic) bond motifs is 1. The van der Waals surface area contributed by atoms with E-state index in [1.807, 2.05) is 18.2 Å². The van der Waals surface area contributed by atoms with Crippen LogP contribution in [0.1, 0.15) is 44.9 Å². The van der Waals surface area contributed by atoms with Gasteiger partial charge in [0.15, 0.2) is 0 Å². The molecule has 0 unspecified atom stereocenters. The van der Waals surface area contributed by atoms with Gasteiger partial charge >= 0.3 is 0 Å². The van der Waals surface area contributed by atoms with Crippen molar-refractivity contribution in [1.29, 1.82) is 0 Å². The Morgan fingerprint density at radius 1 is 1.07 bits per heavy atom. The van der Waals surface area contributed by atoms with Gasteiger partial charge in [0.1, 0.15) is 17.1 Å². The average molecular weight is 437 g/mol. The van der Waals surface area contributed by atoms with Crippen LogP contribution in [0.5, 0.6) is 5.75 Å². The Kier molecular flexibility index (Phi) is 8.06. The largest absolute Gasteiger partial charge is 0.494 e. The fraction of sp³-hybridized carbons (Fsp3) is 0.600. The Bertz CT molecular complexity index is 932. The molecule has 1 saturated heterocycles. The number of hydrogen-bond donors (Lipinski definition) is 3. The molecule has 0 atom stereocenters. The van der Waals surface area contributed by atoms with Crippen LogP contribution in [-0.2, 0) is 10.2 Å². The second kappa shape index (κ2) is 10.7. The minimum atomic E-state index is -3.31. The Balaban J connectivity index is 1.35. The number of nitrogens with two attached hydrogens (primary N) is 1. The molecule has 2 aromatic rings. The molecule has 0 amide bonds. The van der Waals surface area contributed by atoms with E-state index < -0.39 is 10.2 Å². The highest BCUT2D eigenvalue weighted by Crippen LogP contribution is 2.27. The van der Waals surface area contributed by atoms with Crippen molar-refractivity contribution in [2.75, 3.05) is 44.3 Å². The van der Waals surface area contributed by atoms with E-state index >= 15 is 0 Å². The van der Waals surface area contributed by atoms with Crippen molar-refractivity contribution < 1.29 is 13.2 Å². The van der Waals surface area contributed by atoms with Crippen LogP contribution in [0, 0.1) is 0 Å². The molecule has 1 aromatic carbocycles. The van der Waals surface area contributed by atoms with E-state index in [-0.39, 0.29) is 0 Å². The number of piperidine rings is 1. The van der Waals surface area contributed by atoms with Crippen molar-refractivity contribution in [3.63, 3.8) is 0 Å². The Hall–Kier alpha value is -2.17. The normalized spacial score (nSPS) is 15.4. The fourth-order valence-electron chi connectivity index (χ4n) is 3.59. The zero-order valence-corrected chi connectivity index (χ0v) is 18.4. The Labute approximate surface area is 178 Å². The van der Waals surface area contributed by atoms with E-state index in [1.165, 1.54) is 0 Å². The minimum absolute atomic E-state index is 0.419. The van der Waals surface area contributed by atoms with Gasteiger partial charge in [-0.05, 0) is 37.8 Å². The Morgan fingerprint density at radius 2 is 1.80 bits per heavy atom. The summed E-state index contributed by atoms with van der Waals surface area (Å²) < 4.78 is 34.1. The number of aromatic nitrogens is 2. The number of nitrogens with zero attached hydrogens (tertiary/aromatic N) is 3. The van der Waals surface area contributed by atoms with Crippen LogP contribution in [0.3, 0.4) is 0 Å². The SMILES string of the molecule is COc1cccc2c(N)nc(NCCCCCCNS(=O)(=O)N3CCCCC3)nc12. The molecular weight excluding hydrogens is 404 g/mol. The average Bonchev–Trinajstić information content (AvgIpc) is 2.76. The van der Waals surface area contributed by atoms with Gasteiger partial charge in [-0.25, -0.2) is 9.71 Å². The number of unbranched alkanes of at least 4 members (excludes halogenated alkanes) is 3. The highest BCUT2D eigenvalue weighted by atomic mass is 32.2. The van der Waals surface area contributed by atoms with E-state index in [1.54, 1.807) is 11.4 Å². The van der Waals surface area contributed by atoms with Gasteiger partial charge in [0.05, 0.1) is 7.11 Å². The second-order valence-electron chi connectivity index (χ2n) is 7.49. The third-order valence-electron chi connectivity index (χ3n) is 5.27. The third-order valence-corrected chi connectivity index (χ3v) is 6.88.